The minimum atomic E-state index is -0.732. The van der Waals surface area contributed by atoms with E-state index in [9.17, 15) is 9.90 Å². The van der Waals surface area contributed by atoms with E-state index in [4.69, 9.17) is 20.8 Å². The van der Waals surface area contributed by atoms with Crippen LogP contribution in [-0.2, 0) is 6.42 Å². The Morgan fingerprint density at radius 1 is 1.41 bits per heavy atom. The first-order valence-electron chi connectivity index (χ1n) is 5.03. The lowest BCUT2D eigenvalue weighted by molar-refractivity contribution is 0.356. The average Bonchev–Trinajstić information content (AvgIpc) is 2.85. The summed E-state index contributed by atoms with van der Waals surface area (Å²) in [6.45, 7) is 0.554. The van der Waals surface area contributed by atoms with Crippen LogP contribution in [0.15, 0.2) is 21.3 Å². The van der Waals surface area contributed by atoms with E-state index in [-0.39, 0.29) is 11.6 Å². The van der Waals surface area contributed by atoms with Crippen LogP contribution in [0.2, 0.25) is 5.02 Å². The van der Waals surface area contributed by atoms with Crippen molar-refractivity contribution in [3.05, 3.63) is 33.3 Å². The summed E-state index contributed by atoms with van der Waals surface area (Å²) in [6, 6.07) is 3.55. The number of oxazole rings is 1. The van der Waals surface area contributed by atoms with Gasteiger partial charge in [0.05, 0.1) is 17.2 Å². The van der Waals surface area contributed by atoms with Gasteiger partial charge in [-0.05, 0) is 11.6 Å². The van der Waals surface area contributed by atoms with E-state index in [0.29, 0.717) is 22.9 Å². The van der Waals surface area contributed by atoms with Crippen molar-refractivity contribution in [3.63, 3.8) is 0 Å². The van der Waals surface area contributed by atoms with Crippen LogP contribution in [0.5, 0.6) is 11.6 Å². The lowest BCUT2D eigenvalue weighted by Crippen LogP contribution is -1.93. The Morgan fingerprint density at radius 3 is 2.94 bits per heavy atom. The number of fused-ring (bicyclic) bond motifs is 1. The van der Waals surface area contributed by atoms with Gasteiger partial charge in [-0.2, -0.15) is 0 Å². The van der Waals surface area contributed by atoms with Gasteiger partial charge in [-0.25, -0.2) is 4.79 Å². The summed E-state index contributed by atoms with van der Waals surface area (Å²) in [5.41, 5.74) is 1.39. The van der Waals surface area contributed by atoms with Gasteiger partial charge in [-0.3, -0.25) is 4.98 Å². The molecule has 1 aromatic heterocycles. The number of aromatic hydroxyl groups is 1. The summed E-state index contributed by atoms with van der Waals surface area (Å²) in [5.74, 6) is -0.501. The summed E-state index contributed by atoms with van der Waals surface area (Å²) in [6.07, 6.45) is 0.773. The van der Waals surface area contributed by atoms with Gasteiger partial charge in [0.2, 0.25) is 11.6 Å². The van der Waals surface area contributed by atoms with Crippen LogP contribution >= 0.6 is 11.6 Å². The molecule has 6 heteroatoms. The quantitative estimate of drug-likeness (QED) is 0.814. The summed E-state index contributed by atoms with van der Waals surface area (Å²) in [7, 11) is 0. The first-order valence-corrected chi connectivity index (χ1v) is 5.41. The molecule has 0 radical (unpaired) electrons. The smallest absolute Gasteiger partial charge is 0.419 e. The van der Waals surface area contributed by atoms with E-state index in [1.807, 2.05) is 6.07 Å². The molecule has 0 aliphatic carbocycles. The fraction of sp³-hybridized carbons (Fsp3) is 0.182. The molecule has 3 rings (SSSR count). The molecule has 0 saturated carbocycles. The highest BCUT2D eigenvalue weighted by molar-refractivity contribution is 6.33. The number of nitrogens with one attached hydrogen (secondary N) is 1. The highest BCUT2D eigenvalue weighted by atomic mass is 35.5. The number of aromatic amines is 1. The Morgan fingerprint density at radius 2 is 2.24 bits per heavy atom. The molecule has 0 atom stereocenters. The minimum absolute atomic E-state index is 0.0127. The summed E-state index contributed by atoms with van der Waals surface area (Å²) in [4.78, 5) is 13.2. The predicted molar refractivity (Wildman–Crippen MR) is 60.6 cm³/mol. The van der Waals surface area contributed by atoms with E-state index < -0.39 is 5.76 Å². The van der Waals surface area contributed by atoms with Gasteiger partial charge in [0.1, 0.15) is 5.75 Å². The molecule has 5 nitrogen and oxygen atoms in total. The van der Waals surface area contributed by atoms with E-state index in [2.05, 4.69) is 4.98 Å². The normalized spacial score (nSPS) is 13.5. The molecule has 0 bridgehead atoms. The topological polar surface area (TPSA) is 75.5 Å². The SMILES string of the molecule is O=c1[nH]c(O)c(-c2c(Cl)ccc3c2OCC3)o1. The van der Waals surface area contributed by atoms with Crippen LogP contribution in [0, 0.1) is 0 Å². The molecule has 2 heterocycles. The van der Waals surface area contributed by atoms with Gasteiger partial charge < -0.3 is 14.3 Å². The molecule has 1 aliphatic rings. The zero-order valence-electron chi connectivity index (χ0n) is 8.62. The van der Waals surface area contributed by atoms with Gasteiger partial charge in [-0.1, -0.05) is 17.7 Å². The van der Waals surface area contributed by atoms with Crippen molar-refractivity contribution in [2.75, 3.05) is 6.61 Å². The molecule has 2 N–H and O–H groups in total. The lowest BCUT2D eigenvalue weighted by atomic mass is 10.1. The minimum Gasteiger partial charge on any atom is -0.492 e. The average molecular weight is 254 g/mol. The molecule has 88 valence electrons. The third-order valence-corrected chi connectivity index (χ3v) is 2.98. The van der Waals surface area contributed by atoms with E-state index in [1.54, 1.807) is 6.07 Å². The van der Waals surface area contributed by atoms with Gasteiger partial charge in [-0.15, -0.1) is 0 Å². The molecule has 0 unspecified atom stereocenters. The number of H-pyrrole nitrogens is 1. The first-order chi connectivity index (χ1) is 8.16. The molecule has 0 spiro atoms. The van der Waals surface area contributed by atoms with Crippen LogP contribution in [0.25, 0.3) is 11.3 Å². The van der Waals surface area contributed by atoms with Crippen molar-refractivity contribution in [2.45, 2.75) is 6.42 Å². The molecular formula is C11H8ClNO4. The van der Waals surface area contributed by atoms with Crippen molar-refractivity contribution in [1.82, 2.24) is 4.98 Å². The summed E-state index contributed by atoms with van der Waals surface area (Å²) >= 11 is 6.06. The maximum Gasteiger partial charge on any atom is 0.419 e. The van der Waals surface area contributed by atoms with Crippen molar-refractivity contribution in [2.24, 2.45) is 0 Å². The summed E-state index contributed by atoms with van der Waals surface area (Å²) < 4.78 is 10.3. The van der Waals surface area contributed by atoms with Crippen molar-refractivity contribution >= 4 is 11.6 Å². The second-order valence-electron chi connectivity index (χ2n) is 3.70. The standard InChI is InChI=1S/C11H8ClNO4/c12-6-2-1-5-3-4-16-8(5)7(6)9-10(14)13-11(15)17-9/h1-2,14H,3-4H2,(H,13,15). The van der Waals surface area contributed by atoms with E-state index in [0.717, 1.165) is 12.0 Å². The Labute approximate surface area is 101 Å². The van der Waals surface area contributed by atoms with Crippen LogP contribution in [0.4, 0.5) is 0 Å². The number of hydrogen-bond acceptors (Lipinski definition) is 4. The molecule has 1 aliphatic heterocycles. The molecule has 0 fully saturated rings. The highest BCUT2D eigenvalue weighted by Gasteiger charge is 2.25. The Kier molecular flexibility index (Phi) is 2.16. The van der Waals surface area contributed by atoms with Gasteiger partial charge >= 0.3 is 5.76 Å². The zero-order chi connectivity index (χ0) is 12.0. The Balaban J connectivity index is 2.31. The molecule has 0 amide bonds. The number of rotatable bonds is 1. The van der Waals surface area contributed by atoms with E-state index >= 15 is 0 Å². The maximum atomic E-state index is 11.0. The lowest BCUT2D eigenvalue weighted by Gasteiger charge is -2.07. The molecule has 1 aromatic carbocycles. The largest absolute Gasteiger partial charge is 0.492 e. The Hall–Kier alpha value is -1.88. The number of hydrogen-bond donors (Lipinski definition) is 2. The third kappa shape index (κ3) is 1.51. The molecule has 0 saturated heterocycles. The van der Waals surface area contributed by atoms with Crippen molar-refractivity contribution in [1.29, 1.82) is 0 Å². The second kappa shape index (κ2) is 3.56. The van der Waals surface area contributed by atoms with Crippen LogP contribution in [0.1, 0.15) is 5.56 Å². The fourth-order valence-corrected chi connectivity index (χ4v) is 2.16. The number of benzene rings is 1. The monoisotopic (exact) mass is 253 g/mol. The van der Waals surface area contributed by atoms with Gasteiger partial charge in [0, 0.05) is 6.42 Å². The van der Waals surface area contributed by atoms with Crippen LogP contribution < -0.4 is 10.5 Å². The van der Waals surface area contributed by atoms with Crippen molar-refractivity contribution < 1.29 is 14.3 Å². The zero-order valence-corrected chi connectivity index (χ0v) is 9.37. The second-order valence-corrected chi connectivity index (χ2v) is 4.11. The fourth-order valence-electron chi connectivity index (χ4n) is 1.93. The number of aromatic nitrogens is 1. The van der Waals surface area contributed by atoms with Gasteiger partial charge in [0.15, 0.2) is 0 Å². The Bertz CT molecular complexity index is 643. The third-order valence-electron chi connectivity index (χ3n) is 2.66. The highest BCUT2D eigenvalue weighted by Crippen LogP contribution is 2.43. The first kappa shape index (κ1) is 10.3. The molecular weight excluding hydrogens is 246 g/mol. The maximum absolute atomic E-state index is 11.0. The van der Waals surface area contributed by atoms with E-state index in [1.165, 1.54) is 0 Å². The summed E-state index contributed by atoms with van der Waals surface area (Å²) in [5, 5.41) is 9.94. The number of halogens is 1. The molecule has 2 aromatic rings. The number of ether oxygens (including phenoxy) is 1. The van der Waals surface area contributed by atoms with Crippen molar-refractivity contribution in [3.8, 4) is 23.0 Å². The van der Waals surface area contributed by atoms with Crippen LogP contribution in [0.3, 0.4) is 0 Å². The van der Waals surface area contributed by atoms with Gasteiger partial charge in [0.25, 0.3) is 0 Å². The molecule has 17 heavy (non-hydrogen) atoms. The predicted octanol–water partition coefficient (Wildman–Crippen LogP) is 1.93. The van der Waals surface area contributed by atoms with Crippen LogP contribution in [-0.4, -0.2) is 16.7 Å².